The first-order valence-corrected chi connectivity index (χ1v) is 7.60. The van der Waals surface area contributed by atoms with Crippen molar-refractivity contribution in [3.63, 3.8) is 0 Å². The third-order valence-electron chi connectivity index (χ3n) is 3.55. The van der Waals surface area contributed by atoms with Gasteiger partial charge in [-0.15, -0.1) is 11.3 Å². The molecule has 3 aromatic rings. The summed E-state index contributed by atoms with van der Waals surface area (Å²) in [5.74, 6) is -0.837. The first kappa shape index (κ1) is 13.8. The van der Waals surface area contributed by atoms with Gasteiger partial charge in [0.2, 0.25) is 0 Å². The number of carboxylic acid groups (broad SMARTS) is 1. The molecule has 3 rings (SSSR count). The molecule has 0 saturated heterocycles. The molecule has 0 aliphatic rings. The molecule has 0 unspecified atom stereocenters. The number of nitrogens with zero attached hydrogens (tertiary/aromatic N) is 4. The maximum absolute atomic E-state index is 10.9. The fourth-order valence-electron chi connectivity index (χ4n) is 2.61. The van der Waals surface area contributed by atoms with Crippen LogP contribution in [0, 0.1) is 13.8 Å². The zero-order chi connectivity index (χ0) is 15.1. The van der Waals surface area contributed by atoms with Crippen LogP contribution in [0.5, 0.6) is 0 Å². The molecule has 0 amide bonds. The van der Waals surface area contributed by atoms with Gasteiger partial charge in [0.15, 0.2) is 4.96 Å². The van der Waals surface area contributed by atoms with Crippen molar-refractivity contribution in [2.45, 2.75) is 33.7 Å². The van der Waals surface area contributed by atoms with E-state index in [2.05, 4.69) is 17.0 Å². The molecule has 0 spiro atoms. The van der Waals surface area contributed by atoms with Crippen LogP contribution in [0.3, 0.4) is 0 Å². The first-order valence-electron chi connectivity index (χ1n) is 6.73. The summed E-state index contributed by atoms with van der Waals surface area (Å²) in [6.07, 6.45) is 1.91. The highest BCUT2D eigenvalue weighted by molar-refractivity contribution is 7.15. The molecule has 7 heteroatoms. The zero-order valence-corrected chi connectivity index (χ0v) is 12.9. The number of aliphatic carboxylic acids is 1. The molecular formula is C14H16N4O2S. The molecule has 0 saturated carbocycles. The summed E-state index contributed by atoms with van der Waals surface area (Å²) in [7, 11) is 0. The van der Waals surface area contributed by atoms with Gasteiger partial charge in [-0.1, -0.05) is 0 Å². The summed E-state index contributed by atoms with van der Waals surface area (Å²) in [4.78, 5) is 16.3. The van der Waals surface area contributed by atoms with E-state index in [-0.39, 0.29) is 6.42 Å². The molecule has 6 nitrogen and oxygen atoms in total. The molecule has 0 radical (unpaired) electrons. The number of imidazole rings is 1. The van der Waals surface area contributed by atoms with Crippen LogP contribution in [0.1, 0.15) is 24.0 Å². The highest BCUT2D eigenvalue weighted by Gasteiger charge is 2.17. The molecule has 1 N–H and O–H groups in total. The summed E-state index contributed by atoms with van der Waals surface area (Å²) >= 11 is 1.46. The average Bonchev–Trinajstić information content (AvgIpc) is 3.04. The number of rotatable bonds is 4. The maximum atomic E-state index is 10.9. The minimum absolute atomic E-state index is 0.00197. The molecule has 0 bridgehead atoms. The maximum Gasteiger partial charge on any atom is 0.309 e. The Morgan fingerprint density at radius 3 is 2.81 bits per heavy atom. The topological polar surface area (TPSA) is 72.4 Å². The second-order valence-electron chi connectivity index (χ2n) is 4.94. The minimum Gasteiger partial charge on any atom is -0.481 e. The summed E-state index contributed by atoms with van der Waals surface area (Å²) in [6.45, 7) is 6.88. The Kier molecular flexibility index (Phi) is 3.29. The Bertz CT molecular complexity index is 828. The van der Waals surface area contributed by atoms with E-state index in [9.17, 15) is 4.79 Å². The van der Waals surface area contributed by atoms with E-state index >= 15 is 0 Å². The molecule has 3 heterocycles. The van der Waals surface area contributed by atoms with Gasteiger partial charge < -0.3 is 5.11 Å². The van der Waals surface area contributed by atoms with Crippen LogP contribution in [-0.2, 0) is 17.8 Å². The highest BCUT2D eigenvalue weighted by Crippen LogP contribution is 2.28. The third-order valence-corrected chi connectivity index (χ3v) is 4.44. The molecule has 0 aliphatic heterocycles. The predicted octanol–water partition coefficient (Wildman–Crippen LogP) is 2.52. The van der Waals surface area contributed by atoms with Crippen molar-refractivity contribution >= 4 is 22.3 Å². The van der Waals surface area contributed by atoms with E-state index in [0.29, 0.717) is 0 Å². The van der Waals surface area contributed by atoms with Crippen LogP contribution in [-0.4, -0.2) is 30.2 Å². The second-order valence-corrected chi connectivity index (χ2v) is 5.77. The molecule has 0 aromatic carbocycles. The number of carboxylic acids is 1. The van der Waals surface area contributed by atoms with Crippen molar-refractivity contribution in [1.29, 1.82) is 0 Å². The molecular weight excluding hydrogens is 288 g/mol. The number of hydrogen-bond acceptors (Lipinski definition) is 4. The Morgan fingerprint density at radius 2 is 2.19 bits per heavy atom. The summed E-state index contributed by atoms with van der Waals surface area (Å²) in [5.41, 5.74) is 4.66. The van der Waals surface area contributed by atoms with Crippen LogP contribution >= 0.6 is 11.3 Å². The summed E-state index contributed by atoms with van der Waals surface area (Å²) < 4.78 is 3.81. The van der Waals surface area contributed by atoms with Gasteiger partial charge in [0.05, 0.1) is 17.8 Å². The lowest BCUT2D eigenvalue weighted by Crippen LogP contribution is -2.02. The van der Waals surface area contributed by atoms with Crippen molar-refractivity contribution in [3.8, 4) is 11.3 Å². The Hall–Kier alpha value is -2.15. The van der Waals surface area contributed by atoms with Crippen LogP contribution in [0.4, 0.5) is 0 Å². The van der Waals surface area contributed by atoms with Gasteiger partial charge in [0, 0.05) is 35.1 Å². The average molecular weight is 304 g/mol. The van der Waals surface area contributed by atoms with E-state index in [0.717, 1.165) is 39.8 Å². The van der Waals surface area contributed by atoms with Crippen molar-refractivity contribution < 1.29 is 9.90 Å². The number of aryl methyl sites for hydroxylation is 2. The molecule has 0 atom stereocenters. The zero-order valence-electron chi connectivity index (χ0n) is 12.1. The lowest BCUT2D eigenvalue weighted by Gasteiger charge is -1.99. The van der Waals surface area contributed by atoms with Gasteiger partial charge in [0.1, 0.15) is 0 Å². The smallest absolute Gasteiger partial charge is 0.309 e. The van der Waals surface area contributed by atoms with E-state index < -0.39 is 5.97 Å². The van der Waals surface area contributed by atoms with E-state index in [1.165, 1.54) is 11.3 Å². The van der Waals surface area contributed by atoms with Gasteiger partial charge in [0.25, 0.3) is 0 Å². The number of fused-ring (bicyclic) bond motifs is 1. The van der Waals surface area contributed by atoms with E-state index in [1.807, 2.05) is 34.5 Å². The second kappa shape index (κ2) is 5.00. The van der Waals surface area contributed by atoms with Gasteiger partial charge in [-0.05, 0) is 20.8 Å². The van der Waals surface area contributed by atoms with Crippen LogP contribution in [0.25, 0.3) is 16.2 Å². The van der Waals surface area contributed by atoms with Crippen LogP contribution in [0.2, 0.25) is 0 Å². The number of aromatic nitrogens is 4. The fourth-order valence-corrected chi connectivity index (χ4v) is 3.48. The van der Waals surface area contributed by atoms with E-state index in [4.69, 9.17) is 5.11 Å². The molecule has 21 heavy (non-hydrogen) atoms. The van der Waals surface area contributed by atoms with Gasteiger partial charge in [-0.25, -0.2) is 4.98 Å². The monoisotopic (exact) mass is 304 g/mol. The molecule has 0 fully saturated rings. The quantitative estimate of drug-likeness (QED) is 0.804. The largest absolute Gasteiger partial charge is 0.481 e. The standard InChI is InChI=1S/C14H16N4O2S/c1-4-18-9(3)13(8(2)16-18)11-6-17-10(5-12(19)20)7-21-14(17)15-11/h6-7H,4-5H2,1-3H3,(H,19,20). The van der Waals surface area contributed by atoms with Crippen LogP contribution in [0.15, 0.2) is 11.6 Å². The normalized spacial score (nSPS) is 11.4. The molecule has 0 aliphatic carbocycles. The van der Waals surface area contributed by atoms with Crippen molar-refractivity contribution in [3.05, 3.63) is 28.7 Å². The number of hydrogen-bond donors (Lipinski definition) is 1. The Balaban J connectivity index is 2.12. The highest BCUT2D eigenvalue weighted by atomic mass is 32.1. The van der Waals surface area contributed by atoms with Crippen molar-refractivity contribution in [1.82, 2.24) is 19.2 Å². The van der Waals surface area contributed by atoms with Gasteiger partial charge in [-0.2, -0.15) is 5.10 Å². The third kappa shape index (κ3) is 2.23. The lowest BCUT2D eigenvalue weighted by molar-refractivity contribution is -0.136. The summed E-state index contributed by atoms with van der Waals surface area (Å²) in [5, 5.41) is 15.3. The Labute approximate surface area is 125 Å². The number of carbonyl (C=O) groups is 1. The lowest BCUT2D eigenvalue weighted by atomic mass is 10.1. The number of thiazole rings is 1. The first-order chi connectivity index (χ1) is 10.0. The van der Waals surface area contributed by atoms with E-state index in [1.54, 1.807) is 0 Å². The van der Waals surface area contributed by atoms with Crippen molar-refractivity contribution in [2.75, 3.05) is 0 Å². The molecule has 3 aromatic heterocycles. The Morgan fingerprint density at radius 1 is 1.43 bits per heavy atom. The van der Waals surface area contributed by atoms with Crippen molar-refractivity contribution in [2.24, 2.45) is 0 Å². The van der Waals surface area contributed by atoms with Gasteiger partial charge in [-0.3, -0.25) is 13.9 Å². The minimum atomic E-state index is -0.837. The summed E-state index contributed by atoms with van der Waals surface area (Å²) in [6, 6.07) is 0. The fraction of sp³-hybridized carbons (Fsp3) is 0.357. The van der Waals surface area contributed by atoms with Crippen LogP contribution < -0.4 is 0 Å². The SMILES string of the molecule is CCn1nc(C)c(-c2cn3c(CC(=O)O)csc3n2)c1C. The predicted molar refractivity (Wildman–Crippen MR) is 80.8 cm³/mol. The molecule has 110 valence electrons. The van der Waals surface area contributed by atoms with Gasteiger partial charge >= 0.3 is 5.97 Å².